The van der Waals surface area contributed by atoms with E-state index in [0.717, 1.165) is 24.6 Å². The lowest BCUT2D eigenvalue weighted by Crippen LogP contribution is -2.42. The summed E-state index contributed by atoms with van der Waals surface area (Å²) in [5, 5.41) is 20.3. The van der Waals surface area contributed by atoms with E-state index >= 15 is 0 Å². The second-order valence-electron chi connectivity index (χ2n) is 4.95. The fourth-order valence-corrected chi connectivity index (χ4v) is 1.72. The lowest BCUT2D eigenvalue weighted by molar-refractivity contribution is -0.384. The average molecular weight is 435 g/mol. The van der Waals surface area contributed by atoms with E-state index in [1.807, 2.05) is 6.92 Å². The first-order valence-corrected chi connectivity index (χ1v) is 7.60. The number of nitro benzene ring substituents is 1. The summed E-state index contributed by atoms with van der Waals surface area (Å²) in [5.74, 6) is 0.808. The van der Waals surface area contributed by atoms with Crippen LogP contribution in [0.3, 0.4) is 0 Å². The maximum absolute atomic E-state index is 10.6. The Bertz CT molecular complexity index is 493. The first-order valence-electron chi connectivity index (χ1n) is 7.60. The van der Waals surface area contributed by atoms with Crippen LogP contribution < -0.4 is 16.0 Å². The lowest BCUT2D eigenvalue weighted by atomic mass is 10.3. The van der Waals surface area contributed by atoms with Crippen LogP contribution in [0.15, 0.2) is 29.3 Å². The summed E-state index contributed by atoms with van der Waals surface area (Å²) in [4.78, 5) is 14.7. The van der Waals surface area contributed by atoms with E-state index in [2.05, 4.69) is 34.8 Å². The molecule has 130 valence electrons. The highest BCUT2D eigenvalue weighted by Crippen LogP contribution is 2.14. The zero-order valence-electron chi connectivity index (χ0n) is 13.8. The molecule has 0 bridgehead atoms. The zero-order chi connectivity index (χ0) is 16.4. The van der Waals surface area contributed by atoms with Crippen molar-refractivity contribution in [1.29, 1.82) is 0 Å². The van der Waals surface area contributed by atoms with Gasteiger partial charge in [-0.15, -0.1) is 24.0 Å². The van der Waals surface area contributed by atoms with Crippen LogP contribution in [0, 0.1) is 10.1 Å². The molecule has 0 aliphatic rings. The van der Waals surface area contributed by atoms with Gasteiger partial charge in [0.2, 0.25) is 0 Å². The minimum atomic E-state index is -0.405. The van der Waals surface area contributed by atoms with E-state index in [0.29, 0.717) is 19.1 Å². The second kappa shape index (κ2) is 11.9. The van der Waals surface area contributed by atoms with Gasteiger partial charge >= 0.3 is 0 Å². The van der Waals surface area contributed by atoms with Crippen LogP contribution in [-0.4, -0.2) is 36.6 Å². The summed E-state index contributed by atoms with van der Waals surface area (Å²) in [6.45, 7) is 8.36. The van der Waals surface area contributed by atoms with Gasteiger partial charge in [0, 0.05) is 37.0 Å². The Morgan fingerprint density at radius 3 is 2.48 bits per heavy atom. The van der Waals surface area contributed by atoms with Crippen LogP contribution in [0.4, 0.5) is 11.4 Å². The van der Waals surface area contributed by atoms with Crippen molar-refractivity contribution in [1.82, 2.24) is 10.6 Å². The molecule has 0 saturated heterocycles. The van der Waals surface area contributed by atoms with Gasteiger partial charge in [0.05, 0.1) is 11.5 Å². The van der Waals surface area contributed by atoms with E-state index in [9.17, 15) is 10.1 Å². The molecule has 0 amide bonds. The number of hydrogen-bond acceptors (Lipinski definition) is 4. The molecule has 0 aliphatic carbocycles. The summed E-state index contributed by atoms with van der Waals surface area (Å²) >= 11 is 0. The van der Waals surface area contributed by atoms with Crippen LogP contribution in [0.5, 0.6) is 0 Å². The number of nitrogens with zero attached hydrogens (tertiary/aromatic N) is 2. The number of benzene rings is 1. The third-order valence-corrected chi connectivity index (χ3v) is 3.13. The maximum Gasteiger partial charge on any atom is 0.269 e. The van der Waals surface area contributed by atoms with E-state index in [-0.39, 0.29) is 29.7 Å². The quantitative estimate of drug-likeness (QED) is 0.146. The van der Waals surface area contributed by atoms with Gasteiger partial charge in [0.1, 0.15) is 0 Å². The SMILES string of the molecule is CCNC(=NCCNc1ccc([N+](=O)[O-])cc1)NC(C)CC.I. The number of halogens is 1. The Balaban J connectivity index is 0.00000484. The molecule has 0 aromatic heterocycles. The van der Waals surface area contributed by atoms with Crippen molar-refractivity contribution in [2.24, 2.45) is 4.99 Å². The molecular formula is C15H26IN5O2. The Labute approximate surface area is 154 Å². The molecule has 0 heterocycles. The molecule has 0 fully saturated rings. The van der Waals surface area contributed by atoms with E-state index in [1.54, 1.807) is 12.1 Å². The van der Waals surface area contributed by atoms with Crippen LogP contribution >= 0.6 is 24.0 Å². The zero-order valence-corrected chi connectivity index (χ0v) is 16.2. The summed E-state index contributed by atoms with van der Waals surface area (Å²) in [7, 11) is 0. The number of guanidine groups is 1. The monoisotopic (exact) mass is 435 g/mol. The molecule has 1 unspecified atom stereocenters. The standard InChI is InChI=1S/C15H25N5O2.HI/c1-4-12(3)19-15(16-5-2)18-11-10-17-13-6-8-14(9-7-13)20(21)22;/h6-9,12,17H,4-5,10-11H2,1-3H3,(H2,16,18,19);1H. The van der Waals surface area contributed by atoms with Gasteiger partial charge in [-0.25, -0.2) is 0 Å². The molecule has 1 aromatic rings. The number of aliphatic imine (C=N–C) groups is 1. The molecule has 0 radical (unpaired) electrons. The molecule has 3 N–H and O–H groups in total. The van der Waals surface area contributed by atoms with Crippen molar-refractivity contribution >= 4 is 41.3 Å². The van der Waals surface area contributed by atoms with Gasteiger partial charge in [0.15, 0.2) is 5.96 Å². The molecule has 1 aromatic carbocycles. The van der Waals surface area contributed by atoms with Crippen molar-refractivity contribution < 1.29 is 4.92 Å². The summed E-state index contributed by atoms with van der Waals surface area (Å²) in [5.41, 5.74) is 0.941. The number of non-ortho nitro benzene ring substituents is 1. The molecule has 0 spiro atoms. The second-order valence-corrected chi connectivity index (χ2v) is 4.95. The minimum Gasteiger partial charge on any atom is -0.383 e. The average Bonchev–Trinajstić information content (AvgIpc) is 2.51. The molecule has 0 aliphatic heterocycles. The summed E-state index contributed by atoms with van der Waals surface area (Å²) < 4.78 is 0. The normalized spacial score (nSPS) is 12.0. The Morgan fingerprint density at radius 2 is 1.96 bits per heavy atom. The number of nitro groups is 1. The van der Waals surface area contributed by atoms with Gasteiger partial charge in [-0.3, -0.25) is 15.1 Å². The number of nitrogens with one attached hydrogen (secondary N) is 3. The maximum atomic E-state index is 10.6. The molecule has 1 atom stereocenters. The van der Waals surface area contributed by atoms with Gasteiger partial charge in [-0.2, -0.15) is 0 Å². The third kappa shape index (κ3) is 8.58. The third-order valence-electron chi connectivity index (χ3n) is 3.13. The smallest absolute Gasteiger partial charge is 0.269 e. The van der Waals surface area contributed by atoms with Crippen LogP contribution in [0.1, 0.15) is 27.2 Å². The Hall–Kier alpha value is -1.58. The van der Waals surface area contributed by atoms with Crippen molar-refractivity contribution in [3.05, 3.63) is 34.4 Å². The van der Waals surface area contributed by atoms with Crippen LogP contribution in [0.2, 0.25) is 0 Å². The number of rotatable bonds is 8. The predicted octanol–water partition coefficient (Wildman–Crippen LogP) is 2.98. The van der Waals surface area contributed by atoms with E-state index < -0.39 is 4.92 Å². The lowest BCUT2D eigenvalue weighted by Gasteiger charge is -2.16. The van der Waals surface area contributed by atoms with E-state index in [1.165, 1.54) is 12.1 Å². The van der Waals surface area contributed by atoms with Gasteiger partial charge in [-0.1, -0.05) is 6.92 Å². The highest BCUT2D eigenvalue weighted by atomic mass is 127. The van der Waals surface area contributed by atoms with Gasteiger partial charge in [-0.05, 0) is 32.4 Å². The highest BCUT2D eigenvalue weighted by Gasteiger charge is 2.04. The van der Waals surface area contributed by atoms with Crippen LogP contribution in [-0.2, 0) is 0 Å². The molecule has 7 nitrogen and oxygen atoms in total. The molecule has 0 saturated carbocycles. The minimum absolute atomic E-state index is 0. The largest absolute Gasteiger partial charge is 0.383 e. The van der Waals surface area contributed by atoms with E-state index in [4.69, 9.17) is 0 Å². The first-order chi connectivity index (χ1) is 10.6. The fourth-order valence-electron chi connectivity index (χ4n) is 1.72. The predicted molar refractivity (Wildman–Crippen MR) is 106 cm³/mol. The van der Waals surface area contributed by atoms with Crippen molar-refractivity contribution in [3.63, 3.8) is 0 Å². The molecular weight excluding hydrogens is 409 g/mol. The Morgan fingerprint density at radius 1 is 1.30 bits per heavy atom. The fraction of sp³-hybridized carbons (Fsp3) is 0.533. The number of hydrogen-bond donors (Lipinski definition) is 3. The van der Waals surface area contributed by atoms with Gasteiger partial charge in [0.25, 0.3) is 5.69 Å². The Kier molecular flexibility index (Phi) is 11.1. The molecule has 23 heavy (non-hydrogen) atoms. The van der Waals surface area contributed by atoms with Crippen molar-refractivity contribution in [3.8, 4) is 0 Å². The topological polar surface area (TPSA) is 91.6 Å². The highest BCUT2D eigenvalue weighted by molar-refractivity contribution is 14.0. The van der Waals surface area contributed by atoms with Crippen LogP contribution in [0.25, 0.3) is 0 Å². The van der Waals surface area contributed by atoms with Crippen molar-refractivity contribution in [2.75, 3.05) is 25.0 Å². The first kappa shape index (κ1) is 21.4. The van der Waals surface area contributed by atoms with Gasteiger partial charge < -0.3 is 16.0 Å². The van der Waals surface area contributed by atoms with Crippen molar-refractivity contribution in [2.45, 2.75) is 33.2 Å². The summed E-state index contributed by atoms with van der Waals surface area (Å²) in [6.07, 6.45) is 1.03. The molecule has 8 heteroatoms. The number of anilines is 1. The molecule has 1 rings (SSSR count). The summed E-state index contributed by atoms with van der Waals surface area (Å²) in [6, 6.07) is 6.75.